The number of benzene rings is 2. The summed E-state index contributed by atoms with van der Waals surface area (Å²) in [5.74, 6) is -1.07. The van der Waals surface area contributed by atoms with Gasteiger partial charge in [0.05, 0.1) is 4.90 Å². The minimum Gasteiger partial charge on any atom is -0.324 e. The van der Waals surface area contributed by atoms with Crippen molar-refractivity contribution in [3.8, 4) is 0 Å². The minimum absolute atomic E-state index is 0.00238. The first-order valence-corrected chi connectivity index (χ1v) is 10.7. The molecule has 1 heterocycles. The molecule has 1 fully saturated rings. The van der Waals surface area contributed by atoms with Crippen molar-refractivity contribution in [3.05, 3.63) is 54.6 Å². The van der Waals surface area contributed by atoms with Gasteiger partial charge in [-0.3, -0.25) is 9.59 Å². The lowest BCUT2D eigenvalue weighted by Gasteiger charge is -2.23. The van der Waals surface area contributed by atoms with E-state index >= 15 is 0 Å². The zero-order valence-electron chi connectivity index (χ0n) is 14.1. The molecule has 1 aliphatic rings. The van der Waals surface area contributed by atoms with E-state index in [1.807, 2.05) is 12.3 Å². The largest absolute Gasteiger partial charge is 0.324 e. The first-order chi connectivity index (χ1) is 12.4. The van der Waals surface area contributed by atoms with E-state index in [1.54, 1.807) is 36.4 Å². The predicted octanol–water partition coefficient (Wildman–Crippen LogP) is 2.73. The molecule has 26 heavy (non-hydrogen) atoms. The number of nitrogens with zero attached hydrogens (tertiary/aromatic N) is 1. The number of hydrogen-bond donors (Lipinski definition) is 1. The van der Waals surface area contributed by atoms with Crippen LogP contribution in [0.25, 0.3) is 0 Å². The molecule has 6 nitrogen and oxygen atoms in total. The molecular weight excluding hydrogens is 372 g/mol. The average Bonchev–Trinajstić information content (AvgIpc) is 3.05. The highest BCUT2D eigenvalue weighted by atomic mass is 32.2. The van der Waals surface area contributed by atoms with Crippen molar-refractivity contribution in [2.75, 3.05) is 11.6 Å². The summed E-state index contributed by atoms with van der Waals surface area (Å²) in [5.41, 5.74) is 0.568. The van der Waals surface area contributed by atoms with Gasteiger partial charge in [-0.15, -0.1) is 11.8 Å². The number of hydrogen-bond acceptors (Lipinski definition) is 5. The molecule has 1 aliphatic heterocycles. The summed E-state index contributed by atoms with van der Waals surface area (Å²) in [6.07, 6.45) is 2.11. The van der Waals surface area contributed by atoms with Gasteiger partial charge in [0.2, 0.25) is 11.8 Å². The molecule has 3 rings (SSSR count). The van der Waals surface area contributed by atoms with E-state index in [-0.39, 0.29) is 17.7 Å². The summed E-state index contributed by atoms with van der Waals surface area (Å²) in [5, 5.41) is 2.72. The number of anilines is 1. The Bertz CT molecular complexity index is 929. The molecule has 1 saturated heterocycles. The van der Waals surface area contributed by atoms with Crippen LogP contribution in [0.3, 0.4) is 0 Å². The summed E-state index contributed by atoms with van der Waals surface area (Å²) in [7, 11) is -4.07. The van der Waals surface area contributed by atoms with Gasteiger partial charge in [0.15, 0.2) is 0 Å². The maximum absolute atomic E-state index is 12.8. The second kappa shape index (κ2) is 7.51. The third kappa shape index (κ3) is 3.61. The Morgan fingerprint density at radius 1 is 1.15 bits per heavy atom. The van der Waals surface area contributed by atoms with Crippen LogP contribution >= 0.6 is 11.8 Å². The van der Waals surface area contributed by atoms with Crippen molar-refractivity contribution in [3.63, 3.8) is 0 Å². The molecular formula is C18H18N2O4S2. The Hall–Kier alpha value is -2.32. The topological polar surface area (TPSA) is 83.6 Å². The van der Waals surface area contributed by atoms with E-state index in [0.717, 1.165) is 9.20 Å². The van der Waals surface area contributed by atoms with E-state index < -0.39 is 27.9 Å². The Labute approximate surface area is 156 Å². The normalized spacial score (nSPS) is 17.3. The van der Waals surface area contributed by atoms with Crippen molar-refractivity contribution in [2.45, 2.75) is 28.7 Å². The van der Waals surface area contributed by atoms with Crippen LogP contribution in [0.2, 0.25) is 0 Å². The van der Waals surface area contributed by atoms with Crippen LogP contribution in [0.1, 0.15) is 12.8 Å². The van der Waals surface area contributed by atoms with Gasteiger partial charge in [-0.25, -0.2) is 12.7 Å². The van der Waals surface area contributed by atoms with Crippen molar-refractivity contribution in [1.29, 1.82) is 0 Å². The monoisotopic (exact) mass is 390 g/mol. The molecule has 1 atom stereocenters. The van der Waals surface area contributed by atoms with E-state index in [0.29, 0.717) is 5.69 Å². The highest BCUT2D eigenvalue weighted by Crippen LogP contribution is 2.28. The fourth-order valence-corrected chi connectivity index (χ4v) is 4.92. The summed E-state index contributed by atoms with van der Waals surface area (Å²) >= 11 is 1.53. The van der Waals surface area contributed by atoms with E-state index in [1.165, 1.54) is 23.9 Å². The Morgan fingerprint density at radius 2 is 1.88 bits per heavy atom. The van der Waals surface area contributed by atoms with Crippen molar-refractivity contribution in [1.82, 2.24) is 4.31 Å². The smallest absolute Gasteiger partial charge is 0.267 e. The number of thioether (sulfide) groups is 1. The van der Waals surface area contributed by atoms with Gasteiger partial charge >= 0.3 is 0 Å². The van der Waals surface area contributed by atoms with Crippen molar-refractivity contribution < 1.29 is 18.0 Å². The molecule has 2 aromatic carbocycles. The number of sulfonamides is 1. The summed E-state index contributed by atoms with van der Waals surface area (Å²) in [6.45, 7) is 0. The molecule has 2 aromatic rings. The summed E-state index contributed by atoms with van der Waals surface area (Å²) in [6, 6.07) is 13.9. The van der Waals surface area contributed by atoms with Crippen LogP contribution in [0.15, 0.2) is 64.4 Å². The second-order valence-electron chi connectivity index (χ2n) is 5.78. The fraction of sp³-hybridized carbons (Fsp3) is 0.222. The first kappa shape index (κ1) is 18.5. The molecule has 8 heteroatoms. The minimum atomic E-state index is -4.07. The lowest BCUT2D eigenvalue weighted by atomic mass is 10.2. The standard InChI is InChI=1S/C18H18N2O4S2/c1-25-14-7-5-6-13(12-14)19-18(22)16-10-11-17(21)20(16)26(23,24)15-8-3-2-4-9-15/h2-9,12,16H,10-11H2,1H3,(H,19,22). The molecule has 136 valence electrons. The van der Waals surface area contributed by atoms with Crippen molar-refractivity contribution in [2.24, 2.45) is 0 Å². The average molecular weight is 390 g/mol. The highest BCUT2D eigenvalue weighted by Gasteiger charge is 2.44. The number of rotatable bonds is 5. The highest BCUT2D eigenvalue weighted by molar-refractivity contribution is 7.98. The van der Waals surface area contributed by atoms with Gasteiger partial charge in [0.25, 0.3) is 10.0 Å². The Balaban J connectivity index is 1.86. The SMILES string of the molecule is CSc1cccc(NC(=O)C2CCC(=O)N2S(=O)(=O)c2ccccc2)c1. The van der Waals surface area contributed by atoms with Crippen LogP contribution in [0.5, 0.6) is 0 Å². The predicted molar refractivity (Wildman–Crippen MR) is 100 cm³/mol. The van der Waals surface area contributed by atoms with Gasteiger partial charge < -0.3 is 5.32 Å². The van der Waals surface area contributed by atoms with Crippen LogP contribution in [-0.2, 0) is 19.6 Å². The Morgan fingerprint density at radius 3 is 2.58 bits per heavy atom. The number of amides is 2. The van der Waals surface area contributed by atoms with E-state index in [2.05, 4.69) is 5.32 Å². The summed E-state index contributed by atoms with van der Waals surface area (Å²) < 4.78 is 26.4. The molecule has 0 radical (unpaired) electrons. The summed E-state index contributed by atoms with van der Waals surface area (Å²) in [4.78, 5) is 25.9. The molecule has 0 bridgehead atoms. The van der Waals surface area contributed by atoms with Gasteiger partial charge in [-0.2, -0.15) is 0 Å². The number of carbonyl (C=O) groups excluding carboxylic acids is 2. The van der Waals surface area contributed by atoms with Gasteiger partial charge in [0, 0.05) is 17.0 Å². The lowest BCUT2D eigenvalue weighted by Crippen LogP contribution is -2.45. The first-order valence-electron chi connectivity index (χ1n) is 8.00. The quantitative estimate of drug-likeness (QED) is 0.794. The zero-order chi connectivity index (χ0) is 18.7. The van der Waals surface area contributed by atoms with Crippen LogP contribution < -0.4 is 5.32 Å². The van der Waals surface area contributed by atoms with Gasteiger partial charge in [-0.1, -0.05) is 24.3 Å². The molecule has 2 amide bonds. The van der Waals surface area contributed by atoms with Crippen LogP contribution in [0, 0.1) is 0 Å². The molecule has 0 aromatic heterocycles. The zero-order valence-corrected chi connectivity index (χ0v) is 15.7. The van der Waals surface area contributed by atoms with Gasteiger partial charge in [-0.05, 0) is 43.0 Å². The van der Waals surface area contributed by atoms with Gasteiger partial charge in [0.1, 0.15) is 6.04 Å². The third-order valence-electron chi connectivity index (χ3n) is 4.10. The lowest BCUT2D eigenvalue weighted by molar-refractivity contribution is -0.128. The number of nitrogens with one attached hydrogen (secondary N) is 1. The van der Waals surface area contributed by atoms with Crippen molar-refractivity contribution >= 4 is 39.3 Å². The maximum atomic E-state index is 12.8. The fourth-order valence-electron chi connectivity index (χ4n) is 2.83. The molecule has 1 unspecified atom stereocenters. The second-order valence-corrected chi connectivity index (χ2v) is 8.48. The van der Waals surface area contributed by atoms with E-state index in [9.17, 15) is 18.0 Å². The molecule has 0 aliphatic carbocycles. The van der Waals surface area contributed by atoms with Crippen LogP contribution in [0.4, 0.5) is 5.69 Å². The molecule has 0 spiro atoms. The molecule has 1 N–H and O–H groups in total. The Kier molecular flexibility index (Phi) is 5.33. The number of carbonyl (C=O) groups is 2. The van der Waals surface area contributed by atoms with Crippen LogP contribution in [-0.4, -0.2) is 36.8 Å². The third-order valence-corrected chi connectivity index (χ3v) is 6.67. The molecule has 0 saturated carbocycles. The maximum Gasteiger partial charge on any atom is 0.267 e. The van der Waals surface area contributed by atoms with E-state index in [4.69, 9.17) is 0 Å².